The van der Waals surface area contributed by atoms with Gasteiger partial charge in [-0.3, -0.25) is 0 Å². The molecule has 0 radical (unpaired) electrons. The van der Waals surface area contributed by atoms with Crippen LogP contribution < -0.4 is 5.32 Å². The van der Waals surface area contributed by atoms with Gasteiger partial charge in [0.15, 0.2) is 0 Å². The normalized spacial score (nSPS) is 19.9. The zero-order chi connectivity index (χ0) is 13.7. The third-order valence-corrected chi connectivity index (χ3v) is 4.79. The first-order valence-electron chi connectivity index (χ1n) is 7.21. The number of hydrogen-bond acceptors (Lipinski definition) is 3. The number of anilines is 1. The summed E-state index contributed by atoms with van der Waals surface area (Å²) in [5, 5.41) is 3.57. The van der Waals surface area contributed by atoms with Gasteiger partial charge in [-0.25, -0.2) is 0 Å². The topological polar surface area (TPSA) is 15.3 Å². The maximum absolute atomic E-state index is 3.57. The Morgan fingerprint density at radius 3 is 3.00 bits per heavy atom. The number of thioether (sulfide) groups is 1. The minimum Gasteiger partial charge on any atom is -0.384 e. The van der Waals surface area contributed by atoms with Crippen LogP contribution in [0.5, 0.6) is 0 Å². The second-order valence-electron chi connectivity index (χ2n) is 5.68. The molecule has 0 amide bonds. The van der Waals surface area contributed by atoms with E-state index in [4.69, 9.17) is 0 Å². The summed E-state index contributed by atoms with van der Waals surface area (Å²) in [6.45, 7) is 4.65. The highest BCUT2D eigenvalue weighted by Crippen LogP contribution is 2.25. The molecule has 3 heteroatoms. The fraction of sp³-hybridized carbons (Fsp3) is 0.625. The van der Waals surface area contributed by atoms with Crippen LogP contribution in [0.2, 0.25) is 0 Å². The summed E-state index contributed by atoms with van der Waals surface area (Å²) in [7, 11) is 2.27. The molecule has 0 bridgehead atoms. The summed E-state index contributed by atoms with van der Waals surface area (Å²) in [5.74, 6) is 1.99. The van der Waals surface area contributed by atoms with Crippen molar-refractivity contribution < 1.29 is 0 Å². The summed E-state index contributed by atoms with van der Waals surface area (Å²) >= 11 is 1.95. The quantitative estimate of drug-likeness (QED) is 0.859. The fourth-order valence-electron chi connectivity index (χ4n) is 2.73. The molecule has 0 spiro atoms. The number of para-hydroxylation sites is 1. The molecule has 0 fully saturated rings. The van der Waals surface area contributed by atoms with E-state index < -0.39 is 0 Å². The molecule has 0 saturated carbocycles. The molecule has 1 aliphatic heterocycles. The van der Waals surface area contributed by atoms with Gasteiger partial charge in [-0.2, -0.15) is 11.8 Å². The Balaban J connectivity index is 1.84. The highest BCUT2D eigenvalue weighted by Gasteiger charge is 2.20. The summed E-state index contributed by atoms with van der Waals surface area (Å²) in [5.41, 5.74) is 2.81. The molecule has 0 saturated heterocycles. The number of nitrogens with one attached hydrogen (secondary N) is 1. The average molecular weight is 278 g/mol. The van der Waals surface area contributed by atoms with Crippen LogP contribution in [0, 0.1) is 5.92 Å². The molecular formula is C16H26N2S. The Labute approximate surface area is 122 Å². The van der Waals surface area contributed by atoms with Crippen LogP contribution in [0.4, 0.5) is 5.69 Å². The minimum absolute atomic E-state index is 0.685. The van der Waals surface area contributed by atoms with E-state index in [1.165, 1.54) is 36.4 Å². The van der Waals surface area contributed by atoms with Crippen molar-refractivity contribution in [3.05, 3.63) is 29.8 Å². The zero-order valence-corrected chi connectivity index (χ0v) is 13.2. The first-order chi connectivity index (χ1) is 9.20. The third-order valence-electron chi connectivity index (χ3n) is 4.15. The zero-order valence-electron chi connectivity index (χ0n) is 12.4. The molecule has 19 heavy (non-hydrogen) atoms. The molecule has 1 heterocycles. The lowest BCUT2D eigenvalue weighted by Crippen LogP contribution is -2.38. The molecule has 2 rings (SSSR count). The molecular weight excluding hydrogens is 252 g/mol. The Hall–Kier alpha value is -0.670. The van der Waals surface area contributed by atoms with Gasteiger partial charge in [0, 0.05) is 24.8 Å². The number of benzene rings is 1. The Morgan fingerprint density at radius 2 is 2.21 bits per heavy atom. The van der Waals surface area contributed by atoms with Gasteiger partial charge in [-0.15, -0.1) is 0 Å². The second kappa shape index (κ2) is 7.20. The maximum Gasteiger partial charge on any atom is 0.0372 e. The van der Waals surface area contributed by atoms with Crippen molar-refractivity contribution in [3.8, 4) is 0 Å². The summed E-state index contributed by atoms with van der Waals surface area (Å²) in [6.07, 6.45) is 4.69. The van der Waals surface area contributed by atoms with Gasteiger partial charge in [0.1, 0.15) is 0 Å². The minimum atomic E-state index is 0.685. The number of nitrogens with zero attached hydrogens (tertiary/aromatic N) is 1. The van der Waals surface area contributed by atoms with Gasteiger partial charge in [0.25, 0.3) is 0 Å². The highest BCUT2D eigenvalue weighted by atomic mass is 32.2. The van der Waals surface area contributed by atoms with Gasteiger partial charge in [-0.1, -0.05) is 18.2 Å². The van der Waals surface area contributed by atoms with E-state index in [2.05, 4.69) is 54.7 Å². The van der Waals surface area contributed by atoms with Gasteiger partial charge in [0.05, 0.1) is 0 Å². The smallest absolute Gasteiger partial charge is 0.0372 e. The van der Waals surface area contributed by atoms with Gasteiger partial charge in [0.2, 0.25) is 0 Å². The van der Waals surface area contributed by atoms with Crippen LogP contribution >= 0.6 is 11.8 Å². The fourth-order valence-corrected chi connectivity index (χ4v) is 3.31. The lowest BCUT2D eigenvalue weighted by molar-refractivity contribution is 0.216. The van der Waals surface area contributed by atoms with Crippen LogP contribution in [0.25, 0.3) is 0 Å². The van der Waals surface area contributed by atoms with E-state index in [-0.39, 0.29) is 0 Å². The van der Waals surface area contributed by atoms with E-state index in [1.807, 2.05) is 11.8 Å². The second-order valence-corrected chi connectivity index (χ2v) is 6.66. The van der Waals surface area contributed by atoms with Crippen LogP contribution in [0.15, 0.2) is 24.3 Å². The molecule has 0 aliphatic carbocycles. The average Bonchev–Trinajstić information content (AvgIpc) is 2.44. The summed E-state index contributed by atoms with van der Waals surface area (Å²) < 4.78 is 0. The molecule has 2 atom stereocenters. The Morgan fingerprint density at radius 1 is 1.42 bits per heavy atom. The monoisotopic (exact) mass is 278 g/mol. The molecule has 1 aliphatic rings. The predicted octanol–water partition coefficient (Wildman–Crippen LogP) is 3.34. The summed E-state index contributed by atoms with van der Waals surface area (Å²) in [6, 6.07) is 9.39. The van der Waals surface area contributed by atoms with Crippen molar-refractivity contribution in [3.63, 3.8) is 0 Å². The number of hydrogen-bond donors (Lipinski definition) is 1. The van der Waals surface area contributed by atoms with Crippen LogP contribution in [-0.2, 0) is 6.42 Å². The van der Waals surface area contributed by atoms with E-state index in [0.29, 0.717) is 6.04 Å². The van der Waals surface area contributed by atoms with Crippen LogP contribution in [0.1, 0.15) is 18.9 Å². The largest absolute Gasteiger partial charge is 0.384 e. The predicted molar refractivity (Wildman–Crippen MR) is 87.2 cm³/mol. The van der Waals surface area contributed by atoms with Gasteiger partial charge >= 0.3 is 0 Å². The standard InChI is InChI=1S/C16H26N2S/c1-13(8-9-19-3)18(2)12-14-10-15-6-4-5-7-16(15)17-11-14/h4-7,13-14,17H,8-12H2,1-3H3. The highest BCUT2D eigenvalue weighted by molar-refractivity contribution is 7.98. The van der Waals surface area contributed by atoms with Crippen molar-refractivity contribution in [2.45, 2.75) is 25.8 Å². The first kappa shape index (κ1) is 14.7. The van der Waals surface area contributed by atoms with Crippen molar-refractivity contribution >= 4 is 17.4 Å². The lowest BCUT2D eigenvalue weighted by atomic mass is 9.93. The molecule has 1 aromatic rings. The molecule has 2 unspecified atom stereocenters. The number of rotatable bonds is 6. The maximum atomic E-state index is 3.57. The van der Waals surface area contributed by atoms with Crippen molar-refractivity contribution in [1.82, 2.24) is 4.90 Å². The Bertz CT molecular complexity index is 394. The Kier molecular flexibility index (Phi) is 5.59. The molecule has 106 valence electrons. The van der Waals surface area contributed by atoms with E-state index >= 15 is 0 Å². The lowest BCUT2D eigenvalue weighted by Gasteiger charge is -2.32. The molecule has 2 nitrogen and oxygen atoms in total. The van der Waals surface area contributed by atoms with Crippen LogP contribution in [-0.4, -0.2) is 43.1 Å². The van der Waals surface area contributed by atoms with E-state index in [1.54, 1.807) is 0 Å². The van der Waals surface area contributed by atoms with E-state index in [9.17, 15) is 0 Å². The van der Waals surface area contributed by atoms with Crippen LogP contribution in [0.3, 0.4) is 0 Å². The van der Waals surface area contributed by atoms with Crippen molar-refractivity contribution in [2.24, 2.45) is 5.92 Å². The third kappa shape index (κ3) is 4.15. The van der Waals surface area contributed by atoms with Crippen molar-refractivity contribution in [1.29, 1.82) is 0 Å². The summed E-state index contributed by atoms with van der Waals surface area (Å²) in [4.78, 5) is 2.52. The molecule has 1 aromatic carbocycles. The number of fused-ring (bicyclic) bond motifs is 1. The molecule has 0 aromatic heterocycles. The van der Waals surface area contributed by atoms with Gasteiger partial charge in [-0.05, 0) is 56.4 Å². The molecule has 1 N–H and O–H groups in total. The SMILES string of the molecule is CSCCC(C)N(C)CC1CNc2ccccc2C1. The van der Waals surface area contributed by atoms with Crippen molar-refractivity contribution in [2.75, 3.05) is 37.5 Å². The first-order valence-corrected chi connectivity index (χ1v) is 8.61. The van der Waals surface area contributed by atoms with Gasteiger partial charge < -0.3 is 10.2 Å². The van der Waals surface area contributed by atoms with E-state index in [0.717, 1.165) is 12.5 Å².